The van der Waals surface area contributed by atoms with E-state index < -0.39 is 0 Å². The highest BCUT2D eigenvalue weighted by Gasteiger charge is 2.32. The average molecular weight is 331 g/mol. The molecule has 2 aromatic carbocycles. The fourth-order valence-electron chi connectivity index (χ4n) is 3.31. The molecule has 0 bridgehead atoms. The Hall–Kier alpha value is -2.88. The molecule has 4 heteroatoms. The van der Waals surface area contributed by atoms with E-state index in [1.165, 1.54) is 24.3 Å². The van der Waals surface area contributed by atoms with E-state index in [-0.39, 0.29) is 5.91 Å². The zero-order chi connectivity index (χ0) is 17.1. The van der Waals surface area contributed by atoms with E-state index in [2.05, 4.69) is 10.0 Å². The van der Waals surface area contributed by atoms with Crippen molar-refractivity contribution in [1.29, 1.82) is 0 Å². The van der Waals surface area contributed by atoms with Crippen molar-refractivity contribution in [2.24, 2.45) is 5.10 Å². The third-order valence-corrected chi connectivity index (χ3v) is 4.63. The number of hydrogen-bond acceptors (Lipinski definition) is 3. The highest BCUT2D eigenvalue weighted by Crippen LogP contribution is 2.27. The highest BCUT2D eigenvalue weighted by molar-refractivity contribution is 6.35. The summed E-state index contributed by atoms with van der Waals surface area (Å²) in [6, 6.07) is 19.6. The van der Waals surface area contributed by atoms with Gasteiger partial charge in [-0.1, -0.05) is 48.5 Å². The van der Waals surface area contributed by atoms with Crippen LogP contribution in [0.4, 0.5) is 5.69 Å². The van der Waals surface area contributed by atoms with Gasteiger partial charge in [-0.25, -0.2) is 0 Å². The van der Waals surface area contributed by atoms with Crippen LogP contribution >= 0.6 is 0 Å². The van der Waals surface area contributed by atoms with Crippen LogP contribution in [0, 0.1) is 0 Å². The lowest BCUT2D eigenvalue weighted by Crippen LogP contribution is -2.28. The van der Waals surface area contributed by atoms with Crippen molar-refractivity contribution in [3.63, 3.8) is 0 Å². The minimum atomic E-state index is -0.0596. The normalized spacial score (nSPS) is 19.4. The van der Waals surface area contributed by atoms with Crippen LogP contribution in [0.2, 0.25) is 0 Å². The van der Waals surface area contributed by atoms with Crippen molar-refractivity contribution in [1.82, 2.24) is 4.90 Å². The number of piperidine rings is 1. The van der Waals surface area contributed by atoms with E-state index in [1.807, 2.05) is 66.9 Å². The summed E-state index contributed by atoms with van der Waals surface area (Å²) in [5, 5.41) is 6.17. The molecule has 0 N–H and O–H groups in total. The molecule has 0 unspecified atom stereocenters. The van der Waals surface area contributed by atoms with Crippen molar-refractivity contribution in [2.45, 2.75) is 19.3 Å². The molecule has 0 aliphatic carbocycles. The van der Waals surface area contributed by atoms with Gasteiger partial charge >= 0.3 is 0 Å². The first-order valence-electron chi connectivity index (χ1n) is 8.83. The number of anilines is 1. The summed E-state index contributed by atoms with van der Waals surface area (Å²) in [6.45, 7) is 2.01. The lowest BCUT2D eigenvalue weighted by Gasteiger charge is -2.25. The Bertz CT molecular complexity index is 806. The van der Waals surface area contributed by atoms with E-state index in [0.717, 1.165) is 30.1 Å². The van der Waals surface area contributed by atoms with Gasteiger partial charge in [0.1, 0.15) is 5.71 Å². The molecule has 4 rings (SSSR count). The van der Waals surface area contributed by atoms with Crippen LogP contribution in [-0.2, 0) is 4.79 Å². The molecule has 1 amide bonds. The Morgan fingerprint density at radius 3 is 2.16 bits per heavy atom. The van der Waals surface area contributed by atoms with Crippen LogP contribution in [0.5, 0.6) is 0 Å². The summed E-state index contributed by atoms with van der Waals surface area (Å²) in [5.74, 6) is -0.0596. The average Bonchev–Trinajstić information content (AvgIpc) is 3.01. The van der Waals surface area contributed by atoms with Gasteiger partial charge in [0.25, 0.3) is 5.91 Å². The first kappa shape index (κ1) is 15.6. The number of rotatable bonds is 3. The van der Waals surface area contributed by atoms with Crippen LogP contribution in [0.25, 0.3) is 0 Å². The number of carbonyl (C=O) groups excluding carboxylic acids is 1. The second-order valence-electron chi connectivity index (χ2n) is 6.41. The fourth-order valence-corrected chi connectivity index (χ4v) is 3.31. The molecule has 0 spiro atoms. The number of hydrazone groups is 1. The minimum absolute atomic E-state index is 0.0596. The molecule has 0 radical (unpaired) electrons. The van der Waals surface area contributed by atoms with Gasteiger partial charge in [0.05, 0.1) is 11.3 Å². The zero-order valence-corrected chi connectivity index (χ0v) is 14.1. The number of nitrogens with zero attached hydrogens (tertiary/aromatic N) is 3. The highest BCUT2D eigenvalue weighted by atomic mass is 16.2. The molecule has 0 saturated carbocycles. The van der Waals surface area contributed by atoms with E-state index in [4.69, 9.17) is 0 Å². The lowest BCUT2D eigenvalue weighted by atomic mass is 10.0. The van der Waals surface area contributed by atoms with Crippen LogP contribution in [-0.4, -0.2) is 29.6 Å². The second-order valence-corrected chi connectivity index (χ2v) is 6.41. The first-order chi connectivity index (χ1) is 12.3. The summed E-state index contributed by atoms with van der Waals surface area (Å²) in [7, 11) is 0. The Kier molecular flexibility index (Phi) is 4.34. The third-order valence-electron chi connectivity index (χ3n) is 4.63. The predicted octanol–water partition coefficient (Wildman–Crippen LogP) is 3.81. The first-order valence-corrected chi connectivity index (χ1v) is 8.83. The van der Waals surface area contributed by atoms with E-state index in [9.17, 15) is 4.79 Å². The molecule has 0 aromatic heterocycles. The van der Waals surface area contributed by atoms with E-state index >= 15 is 0 Å². The molecule has 0 atom stereocenters. The molecule has 126 valence electrons. The molecule has 1 saturated heterocycles. The molecule has 1 fully saturated rings. The Balaban J connectivity index is 1.74. The standard InChI is InChI=1S/C21H21N3O/c25-21-19(16-23-14-8-3-9-15-23)20(17-10-4-1-5-11-17)22-24(21)18-12-6-2-7-13-18/h1-2,4-7,10-13,16H,3,8-9,14-15H2/b19-16-. The maximum atomic E-state index is 13.1. The SMILES string of the molecule is O=C1/C(=C\N2CCCCC2)C(c2ccccc2)=NN1c1ccccc1. The molecule has 4 nitrogen and oxygen atoms in total. The van der Waals surface area contributed by atoms with Gasteiger partial charge in [0.2, 0.25) is 0 Å². The molecular weight excluding hydrogens is 310 g/mol. The molecule has 2 heterocycles. The van der Waals surface area contributed by atoms with Crippen molar-refractivity contribution < 1.29 is 4.79 Å². The predicted molar refractivity (Wildman–Crippen MR) is 100 cm³/mol. The van der Waals surface area contributed by atoms with Gasteiger partial charge < -0.3 is 4.90 Å². The summed E-state index contributed by atoms with van der Waals surface area (Å²) in [6.07, 6.45) is 5.63. The number of carbonyl (C=O) groups is 1. The van der Waals surface area contributed by atoms with E-state index in [0.29, 0.717) is 5.57 Å². The smallest absolute Gasteiger partial charge is 0.282 e. The number of likely N-dealkylation sites (tertiary alicyclic amines) is 1. The summed E-state index contributed by atoms with van der Waals surface area (Å²) >= 11 is 0. The molecular formula is C21H21N3O. The van der Waals surface area contributed by atoms with Crippen molar-refractivity contribution in [3.8, 4) is 0 Å². The summed E-state index contributed by atoms with van der Waals surface area (Å²) < 4.78 is 0. The van der Waals surface area contributed by atoms with Crippen LogP contribution in [0.15, 0.2) is 77.5 Å². The van der Waals surface area contributed by atoms with Crippen molar-refractivity contribution in [3.05, 3.63) is 78.0 Å². The van der Waals surface area contributed by atoms with Gasteiger partial charge in [0.15, 0.2) is 0 Å². The van der Waals surface area contributed by atoms with Crippen LogP contribution in [0.1, 0.15) is 24.8 Å². The van der Waals surface area contributed by atoms with Gasteiger partial charge in [-0.3, -0.25) is 4.79 Å². The maximum Gasteiger partial charge on any atom is 0.282 e. The topological polar surface area (TPSA) is 35.9 Å². The number of para-hydroxylation sites is 1. The molecule has 2 aromatic rings. The largest absolute Gasteiger partial charge is 0.377 e. The monoisotopic (exact) mass is 331 g/mol. The summed E-state index contributed by atoms with van der Waals surface area (Å²) in [4.78, 5) is 15.3. The molecule has 2 aliphatic rings. The van der Waals surface area contributed by atoms with Crippen molar-refractivity contribution >= 4 is 17.3 Å². The minimum Gasteiger partial charge on any atom is -0.377 e. The Morgan fingerprint density at radius 2 is 1.48 bits per heavy atom. The zero-order valence-electron chi connectivity index (χ0n) is 14.1. The Labute approximate surface area is 148 Å². The van der Waals surface area contributed by atoms with Gasteiger partial charge in [-0.15, -0.1) is 0 Å². The number of amides is 1. The van der Waals surface area contributed by atoms with Gasteiger partial charge in [-0.2, -0.15) is 10.1 Å². The molecule has 2 aliphatic heterocycles. The Morgan fingerprint density at radius 1 is 0.840 bits per heavy atom. The van der Waals surface area contributed by atoms with E-state index in [1.54, 1.807) is 0 Å². The maximum absolute atomic E-state index is 13.1. The fraction of sp³-hybridized carbons (Fsp3) is 0.238. The lowest BCUT2D eigenvalue weighted by molar-refractivity contribution is -0.114. The van der Waals surface area contributed by atoms with Gasteiger partial charge in [0, 0.05) is 24.9 Å². The number of benzene rings is 2. The quantitative estimate of drug-likeness (QED) is 0.802. The second kappa shape index (κ2) is 6.93. The number of hydrogen-bond donors (Lipinski definition) is 0. The van der Waals surface area contributed by atoms with Gasteiger partial charge in [-0.05, 0) is 31.4 Å². The third kappa shape index (κ3) is 3.20. The van der Waals surface area contributed by atoms with Crippen molar-refractivity contribution in [2.75, 3.05) is 18.1 Å². The van der Waals surface area contributed by atoms with Crippen LogP contribution < -0.4 is 5.01 Å². The summed E-state index contributed by atoms with van der Waals surface area (Å²) in [5.41, 5.74) is 3.19. The van der Waals surface area contributed by atoms with Crippen LogP contribution in [0.3, 0.4) is 0 Å². The molecule has 25 heavy (non-hydrogen) atoms.